The zero-order valence-corrected chi connectivity index (χ0v) is 12.0. The second-order valence-electron chi connectivity index (χ2n) is 5.43. The van der Waals surface area contributed by atoms with Crippen molar-refractivity contribution in [2.75, 3.05) is 12.3 Å². The summed E-state index contributed by atoms with van der Waals surface area (Å²) in [6.45, 7) is 5.03. The molecule has 0 spiro atoms. The fourth-order valence-corrected chi connectivity index (χ4v) is 2.58. The molecule has 2 N–H and O–H groups in total. The number of ether oxygens (including phenoxy) is 2. The van der Waals surface area contributed by atoms with Crippen LogP contribution in [-0.2, 0) is 0 Å². The van der Waals surface area contributed by atoms with Crippen LogP contribution in [0.1, 0.15) is 46.0 Å². The SMILES string of the molecule is CCCOc1cccc(OC2CCCCC2C)c1N. The van der Waals surface area contributed by atoms with E-state index in [0.29, 0.717) is 18.2 Å². The minimum Gasteiger partial charge on any atom is -0.491 e. The lowest BCUT2D eigenvalue weighted by molar-refractivity contribution is 0.103. The second kappa shape index (κ2) is 6.69. The first-order valence-corrected chi connectivity index (χ1v) is 7.40. The maximum absolute atomic E-state index is 6.14. The normalized spacial score (nSPS) is 23.1. The number of nitrogen functional groups attached to an aromatic ring is 1. The van der Waals surface area contributed by atoms with Gasteiger partial charge >= 0.3 is 0 Å². The van der Waals surface area contributed by atoms with E-state index in [4.69, 9.17) is 15.2 Å². The molecule has 1 aliphatic carbocycles. The van der Waals surface area contributed by atoms with Gasteiger partial charge in [0.15, 0.2) is 0 Å². The Balaban J connectivity index is 2.07. The Labute approximate surface area is 116 Å². The van der Waals surface area contributed by atoms with Gasteiger partial charge in [0.25, 0.3) is 0 Å². The molecule has 0 saturated heterocycles. The number of rotatable bonds is 5. The molecule has 1 aromatic rings. The highest BCUT2D eigenvalue weighted by Gasteiger charge is 2.23. The van der Waals surface area contributed by atoms with Gasteiger partial charge in [-0.2, -0.15) is 0 Å². The summed E-state index contributed by atoms with van der Waals surface area (Å²) in [6, 6.07) is 5.79. The van der Waals surface area contributed by atoms with Gasteiger partial charge in [0.2, 0.25) is 0 Å². The number of benzene rings is 1. The monoisotopic (exact) mass is 263 g/mol. The van der Waals surface area contributed by atoms with Crippen molar-refractivity contribution in [3.8, 4) is 11.5 Å². The molecular formula is C16H25NO2. The number of para-hydroxylation sites is 1. The van der Waals surface area contributed by atoms with Gasteiger partial charge in [-0.25, -0.2) is 0 Å². The highest BCUT2D eigenvalue weighted by Crippen LogP contribution is 2.35. The Hall–Kier alpha value is -1.38. The average Bonchev–Trinajstić information content (AvgIpc) is 2.42. The minimum absolute atomic E-state index is 0.289. The molecule has 0 amide bonds. The summed E-state index contributed by atoms with van der Waals surface area (Å²) in [5.41, 5.74) is 6.77. The lowest BCUT2D eigenvalue weighted by atomic mass is 9.88. The molecule has 3 nitrogen and oxygen atoms in total. The maximum Gasteiger partial charge on any atom is 0.146 e. The third kappa shape index (κ3) is 3.55. The summed E-state index contributed by atoms with van der Waals surface area (Å²) in [4.78, 5) is 0. The first kappa shape index (κ1) is 14.0. The first-order valence-electron chi connectivity index (χ1n) is 7.40. The molecule has 0 bridgehead atoms. The predicted molar refractivity (Wildman–Crippen MR) is 78.7 cm³/mol. The van der Waals surface area contributed by atoms with Crippen LogP contribution in [-0.4, -0.2) is 12.7 Å². The van der Waals surface area contributed by atoms with Crippen molar-refractivity contribution in [1.82, 2.24) is 0 Å². The minimum atomic E-state index is 0.289. The molecule has 2 atom stereocenters. The van der Waals surface area contributed by atoms with Crippen molar-refractivity contribution >= 4 is 5.69 Å². The molecule has 1 aromatic carbocycles. The van der Waals surface area contributed by atoms with Crippen molar-refractivity contribution in [2.45, 2.75) is 52.1 Å². The van der Waals surface area contributed by atoms with Gasteiger partial charge in [-0.3, -0.25) is 0 Å². The van der Waals surface area contributed by atoms with Gasteiger partial charge in [-0.1, -0.05) is 26.3 Å². The van der Waals surface area contributed by atoms with Crippen LogP contribution in [0.4, 0.5) is 5.69 Å². The van der Waals surface area contributed by atoms with E-state index in [1.165, 1.54) is 19.3 Å². The molecule has 1 fully saturated rings. The van der Waals surface area contributed by atoms with E-state index in [9.17, 15) is 0 Å². The van der Waals surface area contributed by atoms with Gasteiger partial charge in [0, 0.05) is 0 Å². The van der Waals surface area contributed by atoms with Gasteiger partial charge in [0.1, 0.15) is 23.3 Å². The molecule has 0 aliphatic heterocycles. The van der Waals surface area contributed by atoms with Crippen molar-refractivity contribution in [2.24, 2.45) is 5.92 Å². The third-order valence-corrected chi connectivity index (χ3v) is 3.80. The Kier molecular flexibility index (Phi) is 4.94. The van der Waals surface area contributed by atoms with Crippen LogP contribution in [0.2, 0.25) is 0 Å². The first-order chi connectivity index (χ1) is 9.22. The van der Waals surface area contributed by atoms with Crippen molar-refractivity contribution < 1.29 is 9.47 Å². The van der Waals surface area contributed by atoms with Crippen LogP contribution < -0.4 is 15.2 Å². The fraction of sp³-hybridized carbons (Fsp3) is 0.625. The van der Waals surface area contributed by atoms with Gasteiger partial charge in [-0.05, 0) is 43.7 Å². The molecule has 2 unspecified atom stereocenters. The quantitative estimate of drug-likeness (QED) is 0.816. The number of hydrogen-bond acceptors (Lipinski definition) is 3. The van der Waals surface area contributed by atoms with Crippen LogP contribution in [0.15, 0.2) is 18.2 Å². The fourth-order valence-electron chi connectivity index (χ4n) is 2.58. The summed E-state index contributed by atoms with van der Waals surface area (Å²) in [7, 11) is 0. The molecule has 1 saturated carbocycles. The largest absolute Gasteiger partial charge is 0.491 e. The summed E-state index contributed by atoms with van der Waals surface area (Å²) >= 11 is 0. The van der Waals surface area contributed by atoms with E-state index >= 15 is 0 Å². The van der Waals surface area contributed by atoms with E-state index in [2.05, 4.69) is 13.8 Å². The summed E-state index contributed by atoms with van der Waals surface area (Å²) in [5, 5.41) is 0. The maximum atomic E-state index is 6.14. The van der Waals surface area contributed by atoms with Crippen LogP contribution in [0, 0.1) is 5.92 Å². The van der Waals surface area contributed by atoms with Crippen molar-refractivity contribution in [1.29, 1.82) is 0 Å². The van der Waals surface area contributed by atoms with E-state index in [1.54, 1.807) is 0 Å². The third-order valence-electron chi connectivity index (χ3n) is 3.80. The van der Waals surface area contributed by atoms with Gasteiger partial charge in [-0.15, -0.1) is 0 Å². The molecule has 0 aromatic heterocycles. The lowest BCUT2D eigenvalue weighted by Crippen LogP contribution is -2.28. The van der Waals surface area contributed by atoms with Crippen LogP contribution in [0.25, 0.3) is 0 Å². The lowest BCUT2D eigenvalue weighted by Gasteiger charge is -2.30. The molecule has 3 heteroatoms. The average molecular weight is 263 g/mol. The summed E-state index contributed by atoms with van der Waals surface area (Å²) in [6.07, 6.45) is 6.20. The summed E-state index contributed by atoms with van der Waals surface area (Å²) < 4.78 is 11.8. The van der Waals surface area contributed by atoms with Gasteiger partial charge < -0.3 is 15.2 Å². The summed E-state index contributed by atoms with van der Waals surface area (Å²) in [5.74, 6) is 2.11. The van der Waals surface area contributed by atoms with Crippen LogP contribution in [0.3, 0.4) is 0 Å². The number of hydrogen-bond donors (Lipinski definition) is 1. The standard InChI is InChI=1S/C16H25NO2/c1-3-11-18-14-9-6-10-15(16(14)17)19-13-8-5-4-7-12(13)2/h6,9-10,12-13H,3-5,7-8,11,17H2,1-2H3. The smallest absolute Gasteiger partial charge is 0.146 e. The van der Waals surface area contributed by atoms with E-state index < -0.39 is 0 Å². The topological polar surface area (TPSA) is 44.5 Å². The Morgan fingerprint density at radius 1 is 1.21 bits per heavy atom. The predicted octanol–water partition coefficient (Wildman–Crippen LogP) is 4.02. The molecule has 0 heterocycles. The Morgan fingerprint density at radius 3 is 2.68 bits per heavy atom. The van der Waals surface area contributed by atoms with Gasteiger partial charge in [0.05, 0.1) is 6.61 Å². The molecule has 19 heavy (non-hydrogen) atoms. The molecule has 2 rings (SSSR count). The molecular weight excluding hydrogens is 238 g/mol. The Morgan fingerprint density at radius 2 is 1.95 bits per heavy atom. The second-order valence-corrected chi connectivity index (χ2v) is 5.43. The highest BCUT2D eigenvalue weighted by molar-refractivity contribution is 5.62. The van der Waals surface area contributed by atoms with E-state index in [-0.39, 0.29) is 6.10 Å². The number of anilines is 1. The van der Waals surface area contributed by atoms with Crippen LogP contribution >= 0.6 is 0 Å². The highest BCUT2D eigenvalue weighted by atomic mass is 16.5. The molecule has 106 valence electrons. The zero-order chi connectivity index (χ0) is 13.7. The Bertz CT molecular complexity index is 406. The van der Waals surface area contributed by atoms with Crippen molar-refractivity contribution in [3.05, 3.63) is 18.2 Å². The van der Waals surface area contributed by atoms with E-state index in [0.717, 1.165) is 24.3 Å². The van der Waals surface area contributed by atoms with Crippen molar-refractivity contribution in [3.63, 3.8) is 0 Å². The van der Waals surface area contributed by atoms with Crippen LogP contribution in [0.5, 0.6) is 11.5 Å². The molecule has 1 aliphatic rings. The van der Waals surface area contributed by atoms with E-state index in [1.807, 2.05) is 18.2 Å². The molecule has 0 radical (unpaired) electrons. The zero-order valence-electron chi connectivity index (χ0n) is 12.0. The number of nitrogens with two attached hydrogens (primary N) is 1.